The Morgan fingerprint density at radius 1 is 0.800 bits per heavy atom. The van der Waals surface area contributed by atoms with E-state index in [-0.39, 0.29) is 18.4 Å². The molecule has 0 atom stereocenters. The minimum atomic E-state index is -0.260. The zero-order valence-corrected chi connectivity index (χ0v) is 16.9. The molecule has 2 aromatic carbocycles. The van der Waals surface area contributed by atoms with Crippen molar-refractivity contribution < 1.29 is 9.59 Å². The van der Waals surface area contributed by atoms with Crippen LogP contribution in [0.1, 0.15) is 23.6 Å². The van der Waals surface area contributed by atoms with Crippen LogP contribution in [0, 0.1) is 0 Å². The number of hydrogen-bond acceptors (Lipinski definition) is 4. The lowest BCUT2D eigenvalue weighted by atomic mass is 10.0. The van der Waals surface area contributed by atoms with Crippen molar-refractivity contribution in [3.8, 4) is 0 Å². The highest BCUT2D eigenvalue weighted by Gasteiger charge is 2.41. The van der Waals surface area contributed by atoms with Crippen LogP contribution in [0.5, 0.6) is 0 Å². The van der Waals surface area contributed by atoms with Crippen LogP contribution in [-0.4, -0.2) is 33.1 Å². The Bertz CT molecular complexity index is 1060. The number of hydrogen-bond donors (Lipinski definition) is 0. The lowest BCUT2D eigenvalue weighted by Crippen LogP contribution is -2.34. The highest BCUT2D eigenvalue weighted by atomic mass is 16.2. The Morgan fingerprint density at radius 3 is 2.07 bits per heavy atom. The second-order valence-corrected chi connectivity index (χ2v) is 7.14. The number of amides is 2. The molecule has 5 heteroatoms. The zero-order valence-electron chi connectivity index (χ0n) is 16.9. The molecule has 0 aliphatic carbocycles. The molecular formula is C25H23N3O2. The molecule has 1 aromatic heterocycles. The Kier molecular flexibility index (Phi) is 5.70. The van der Waals surface area contributed by atoms with Crippen LogP contribution in [0.25, 0.3) is 5.57 Å². The summed E-state index contributed by atoms with van der Waals surface area (Å²) in [6.45, 7) is 3.40. The van der Waals surface area contributed by atoms with Crippen LogP contribution in [0.3, 0.4) is 0 Å². The summed E-state index contributed by atoms with van der Waals surface area (Å²) in [6, 6.07) is 23.1. The predicted octanol–water partition coefficient (Wildman–Crippen LogP) is 3.88. The van der Waals surface area contributed by atoms with Crippen LogP contribution in [0.15, 0.2) is 90.9 Å². The van der Waals surface area contributed by atoms with E-state index in [0.717, 1.165) is 16.7 Å². The second-order valence-electron chi connectivity index (χ2n) is 7.14. The molecule has 30 heavy (non-hydrogen) atoms. The first-order valence-electron chi connectivity index (χ1n) is 10.0. The molecule has 2 amide bonds. The average molecular weight is 397 g/mol. The summed E-state index contributed by atoms with van der Waals surface area (Å²) in [5.74, 6) is -0.516. The van der Waals surface area contributed by atoms with Gasteiger partial charge in [0.2, 0.25) is 0 Å². The van der Waals surface area contributed by atoms with Gasteiger partial charge in [-0.2, -0.15) is 0 Å². The molecule has 5 nitrogen and oxygen atoms in total. The number of likely N-dealkylation sites (N-methyl/N-ethyl adjacent to an activating group) is 1. The predicted molar refractivity (Wildman–Crippen MR) is 116 cm³/mol. The van der Waals surface area contributed by atoms with Gasteiger partial charge in [0.25, 0.3) is 11.8 Å². The van der Waals surface area contributed by atoms with Crippen molar-refractivity contribution in [1.82, 2.24) is 14.8 Å². The molecule has 0 unspecified atom stereocenters. The third-order valence-corrected chi connectivity index (χ3v) is 5.21. The van der Waals surface area contributed by atoms with E-state index < -0.39 is 0 Å². The maximum Gasteiger partial charge on any atom is 0.278 e. The molecule has 0 radical (unpaired) electrons. The average Bonchev–Trinajstić information content (AvgIpc) is 3.04. The number of imide groups is 1. The molecule has 0 fully saturated rings. The number of carbonyl (C=O) groups is 2. The summed E-state index contributed by atoms with van der Waals surface area (Å²) in [4.78, 5) is 34.2. The highest BCUT2D eigenvalue weighted by molar-refractivity contribution is 6.35. The molecule has 3 aromatic rings. The van der Waals surface area contributed by atoms with Gasteiger partial charge in [-0.15, -0.1) is 0 Å². The number of pyridine rings is 1. The third kappa shape index (κ3) is 3.87. The Labute approximate surface area is 176 Å². The van der Waals surface area contributed by atoms with Crippen molar-refractivity contribution in [2.24, 2.45) is 0 Å². The summed E-state index contributed by atoms with van der Waals surface area (Å²) < 4.78 is 0. The van der Waals surface area contributed by atoms with Crippen LogP contribution in [-0.2, 0) is 22.7 Å². The van der Waals surface area contributed by atoms with Gasteiger partial charge < -0.3 is 4.90 Å². The van der Waals surface area contributed by atoms with Gasteiger partial charge in [0.05, 0.1) is 12.1 Å². The molecule has 1 aliphatic heterocycles. The summed E-state index contributed by atoms with van der Waals surface area (Å²) >= 11 is 0. The smallest absolute Gasteiger partial charge is 0.278 e. The van der Waals surface area contributed by atoms with Crippen molar-refractivity contribution in [1.29, 1.82) is 0 Å². The fraction of sp³-hybridized carbons (Fsp3) is 0.160. The van der Waals surface area contributed by atoms with Crippen molar-refractivity contribution in [2.75, 3.05) is 6.54 Å². The third-order valence-electron chi connectivity index (χ3n) is 5.21. The standard InChI is InChI=1S/C25H23N3O2/c1-2-27(17-19-9-5-3-6-10-19)23-22(21-11-7-4-8-12-21)24(29)28(25(23)30)18-20-13-15-26-16-14-20/h3-16H,2,17-18H2,1H3. The van der Waals surface area contributed by atoms with Crippen molar-refractivity contribution in [3.05, 3.63) is 108 Å². The molecular weight excluding hydrogens is 374 g/mol. The van der Waals surface area contributed by atoms with E-state index in [1.165, 1.54) is 4.90 Å². The number of nitrogens with zero attached hydrogens (tertiary/aromatic N) is 3. The fourth-order valence-corrected chi connectivity index (χ4v) is 3.69. The Balaban J connectivity index is 1.74. The molecule has 0 saturated carbocycles. The largest absolute Gasteiger partial charge is 0.362 e. The van der Waals surface area contributed by atoms with Gasteiger partial charge in [0, 0.05) is 25.5 Å². The molecule has 0 bridgehead atoms. The summed E-state index contributed by atoms with van der Waals surface area (Å²) in [6.07, 6.45) is 3.33. The quantitative estimate of drug-likeness (QED) is 0.568. The van der Waals surface area contributed by atoms with Crippen molar-refractivity contribution in [3.63, 3.8) is 0 Å². The van der Waals surface area contributed by atoms with Gasteiger partial charge in [-0.1, -0.05) is 60.7 Å². The topological polar surface area (TPSA) is 53.5 Å². The number of benzene rings is 2. The van der Waals surface area contributed by atoms with E-state index >= 15 is 0 Å². The second kappa shape index (κ2) is 8.74. The number of aromatic nitrogens is 1. The SMILES string of the molecule is CCN(Cc1ccccc1)C1=C(c2ccccc2)C(=O)N(Cc2ccncc2)C1=O. The maximum absolute atomic E-state index is 13.5. The normalized spacial score (nSPS) is 13.8. The molecule has 0 N–H and O–H groups in total. The number of carbonyl (C=O) groups excluding carboxylic acids is 2. The minimum Gasteiger partial charge on any atom is -0.362 e. The van der Waals surface area contributed by atoms with Crippen LogP contribution in [0.2, 0.25) is 0 Å². The summed E-state index contributed by atoms with van der Waals surface area (Å²) in [5, 5.41) is 0. The van der Waals surface area contributed by atoms with Crippen molar-refractivity contribution in [2.45, 2.75) is 20.0 Å². The van der Waals surface area contributed by atoms with E-state index in [1.54, 1.807) is 12.4 Å². The van der Waals surface area contributed by atoms with Crippen LogP contribution >= 0.6 is 0 Å². The van der Waals surface area contributed by atoms with E-state index in [4.69, 9.17) is 0 Å². The fourth-order valence-electron chi connectivity index (χ4n) is 3.69. The maximum atomic E-state index is 13.5. The van der Waals surface area contributed by atoms with E-state index in [0.29, 0.717) is 24.4 Å². The highest BCUT2D eigenvalue weighted by Crippen LogP contribution is 2.33. The molecule has 150 valence electrons. The molecule has 2 heterocycles. The molecule has 4 rings (SSSR count). The van der Waals surface area contributed by atoms with E-state index in [2.05, 4.69) is 4.98 Å². The van der Waals surface area contributed by atoms with E-state index in [9.17, 15) is 9.59 Å². The van der Waals surface area contributed by atoms with Gasteiger partial charge >= 0.3 is 0 Å². The first kappa shape index (κ1) is 19.6. The van der Waals surface area contributed by atoms with E-state index in [1.807, 2.05) is 84.6 Å². The van der Waals surface area contributed by atoms with Crippen LogP contribution < -0.4 is 0 Å². The Morgan fingerprint density at radius 2 is 1.43 bits per heavy atom. The summed E-state index contributed by atoms with van der Waals surface area (Å²) in [5.41, 5.74) is 3.65. The van der Waals surface area contributed by atoms with Crippen LogP contribution in [0.4, 0.5) is 0 Å². The minimum absolute atomic E-state index is 0.225. The lowest BCUT2D eigenvalue weighted by Gasteiger charge is -2.25. The van der Waals surface area contributed by atoms with Gasteiger partial charge in [-0.05, 0) is 35.7 Å². The summed E-state index contributed by atoms with van der Waals surface area (Å²) in [7, 11) is 0. The zero-order chi connectivity index (χ0) is 20.9. The molecule has 1 aliphatic rings. The lowest BCUT2D eigenvalue weighted by molar-refractivity contribution is -0.138. The number of rotatable bonds is 7. The van der Waals surface area contributed by atoms with Gasteiger partial charge in [0.1, 0.15) is 5.70 Å². The first-order valence-corrected chi connectivity index (χ1v) is 10.0. The first-order chi connectivity index (χ1) is 14.7. The Hall–Kier alpha value is -3.73. The monoisotopic (exact) mass is 397 g/mol. The molecule has 0 spiro atoms. The molecule has 0 saturated heterocycles. The van der Waals surface area contributed by atoms with Gasteiger partial charge in [-0.3, -0.25) is 19.5 Å². The van der Waals surface area contributed by atoms with Crippen molar-refractivity contribution >= 4 is 17.4 Å². The van der Waals surface area contributed by atoms with Gasteiger partial charge in [-0.25, -0.2) is 0 Å². The van der Waals surface area contributed by atoms with Gasteiger partial charge in [0.15, 0.2) is 0 Å².